The lowest BCUT2D eigenvalue weighted by atomic mass is 10.1. The summed E-state index contributed by atoms with van der Waals surface area (Å²) in [4.78, 5) is 13.8. The molecular weight excluding hydrogens is 194 g/mol. The number of aromatic amines is 1. The van der Waals surface area contributed by atoms with Crippen molar-refractivity contribution >= 4 is 5.91 Å². The fraction of sp³-hybridized carbons (Fsp3) is 0.667. The van der Waals surface area contributed by atoms with Gasteiger partial charge in [-0.15, -0.1) is 0 Å². The van der Waals surface area contributed by atoms with Gasteiger partial charge in [-0.25, -0.2) is 0 Å². The zero-order chi connectivity index (χ0) is 10.8. The van der Waals surface area contributed by atoms with Crippen LogP contribution in [0.1, 0.15) is 24.3 Å². The predicted molar refractivity (Wildman–Crippen MR) is 54.3 cm³/mol. The smallest absolute Gasteiger partial charge is 0.276 e. The van der Waals surface area contributed by atoms with Crippen LogP contribution in [0, 0.1) is 0 Å². The Kier molecular flexibility index (Phi) is 2.68. The number of H-pyrrole nitrogens is 1. The van der Waals surface area contributed by atoms with Crippen LogP contribution < -0.4 is 5.32 Å². The molecule has 1 amide bonds. The molecule has 0 saturated carbocycles. The number of hydrogen-bond acceptors (Lipinski definition) is 4. The van der Waals surface area contributed by atoms with Crippen molar-refractivity contribution in [3.8, 4) is 0 Å². The molecule has 1 saturated heterocycles. The largest absolute Gasteiger partial charge is 0.332 e. The maximum Gasteiger partial charge on any atom is 0.276 e. The fourth-order valence-corrected chi connectivity index (χ4v) is 1.76. The average molecular weight is 209 g/mol. The molecule has 0 radical (unpaired) electrons. The molecule has 6 nitrogen and oxygen atoms in total. The van der Waals surface area contributed by atoms with Crippen molar-refractivity contribution in [2.24, 2.45) is 0 Å². The van der Waals surface area contributed by atoms with E-state index in [1.807, 2.05) is 11.8 Å². The minimum atomic E-state index is -0.0513. The summed E-state index contributed by atoms with van der Waals surface area (Å²) in [7, 11) is 0. The Morgan fingerprint density at radius 1 is 1.60 bits per heavy atom. The highest BCUT2D eigenvalue weighted by Crippen LogP contribution is 2.10. The van der Waals surface area contributed by atoms with E-state index in [4.69, 9.17) is 0 Å². The lowest BCUT2D eigenvalue weighted by molar-refractivity contribution is 0.0610. The molecule has 1 fully saturated rings. The topological polar surface area (TPSA) is 73.9 Å². The first-order valence-corrected chi connectivity index (χ1v) is 5.08. The van der Waals surface area contributed by atoms with Crippen LogP contribution in [-0.4, -0.2) is 51.4 Å². The van der Waals surface area contributed by atoms with Gasteiger partial charge in [0.15, 0.2) is 5.69 Å². The third-order valence-electron chi connectivity index (χ3n) is 2.66. The van der Waals surface area contributed by atoms with Gasteiger partial charge >= 0.3 is 0 Å². The van der Waals surface area contributed by atoms with E-state index in [-0.39, 0.29) is 11.9 Å². The van der Waals surface area contributed by atoms with Gasteiger partial charge < -0.3 is 10.2 Å². The summed E-state index contributed by atoms with van der Waals surface area (Å²) in [6.45, 7) is 5.63. The highest BCUT2D eigenvalue weighted by molar-refractivity contribution is 5.92. The molecular formula is C9H15N5O. The van der Waals surface area contributed by atoms with Crippen LogP contribution in [0.5, 0.6) is 0 Å². The van der Waals surface area contributed by atoms with Gasteiger partial charge in [0.1, 0.15) is 0 Å². The first-order chi connectivity index (χ1) is 7.18. The molecule has 0 bridgehead atoms. The zero-order valence-electron chi connectivity index (χ0n) is 8.90. The first-order valence-electron chi connectivity index (χ1n) is 5.08. The average Bonchev–Trinajstić information content (AvgIpc) is 2.74. The zero-order valence-corrected chi connectivity index (χ0v) is 8.90. The van der Waals surface area contributed by atoms with E-state index in [9.17, 15) is 4.79 Å². The quantitative estimate of drug-likeness (QED) is 0.661. The second kappa shape index (κ2) is 3.98. The predicted octanol–water partition coefficient (Wildman–Crippen LogP) is -0.373. The van der Waals surface area contributed by atoms with Crippen LogP contribution >= 0.6 is 0 Å². The molecule has 1 aliphatic rings. The molecule has 1 aliphatic heterocycles. The van der Waals surface area contributed by atoms with E-state index in [1.54, 1.807) is 0 Å². The maximum atomic E-state index is 12.0. The summed E-state index contributed by atoms with van der Waals surface area (Å²) in [5, 5.41) is 13.2. The second-order valence-electron chi connectivity index (χ2n) is 3.97. The summed E-state index contributed by atoms with van der Waals surface area (Å²) in [6, 6.07) is 0.530. The van der Waals surface area contributed by atoms with Crippen molar-refractivity contribution in [2.45, 2.75) is 25.9 Å². The van der Waals surface area contributed by atoms with Gasteiger partial charge in [0.25, 0.3) is 5.91 Å². The van der Waals surface area contributed by atoms with E-state index < -0.39 is 0 Å². The molecule has 2 unspecified atom stereocenters. The molecule has 15 heavy (non-hydrogen) atoms. The van der Waals surface area contributed by atoms with Crippen LogP contribution in [0.3, 0.4) is 0 Å². The summed E-state index contributed by atoms with van der Waals surface area (Å²) >= 11 is 0. The number of rotatable bonds is 1. The third-order valence-corrected chi connectivity index (χ3v) is 2.66. The van der Waals surface area contributed by atoms with Gasteiger partial charge in [-0.3, -0.25) is 4.79 Å². The number of amides is 1. The van der Waals surface area contributed by atoms with Crippen LogP contribution in [0.15, 0.2) is 6.20 Å². The van der Waals surface area contributed by atoms with Crippen molar-refractivity contribution in [3.05, 3.63) is 11.9 Å². The number of carbonyl (C=O) groups excluding carboxylic acids is 1. The first kappa shape index (κ1) is 10.1. The van der Waals surface area contributed by atoms with Gasteiger partial charge in [-0.05, 0) is 13.8 Å². The number of aromatic nitrogens is 3. The van der Waals surface area contributed by atoms with Gasteiger partial charge in [-0.1, -0.05) is 0 Å². The lowest BCUT2D eigenvalue weighted by Crippen LogP contribution is -2.56. The number of carbonyl (C=O) groups is 1. The van der Waals surface area contributed by atoms with Gasteiger partial charge in [0, 0.05) is 25.2 Å². The van der Waals surface area contributed by atoms with E-state index in [2.05, 4.69) is 27.7 Å². The summed E-state index contributed by atoms with van der Waals surface area (Å²) in [5.41, 5.74) is 0.385. The highest BCUT2D eigenvalue weighted by atomic mass is 16.2. The van der Waals surface area contributed by atoms with Crippen LogP contribution in [0.25, 0.3) is 0 Å². The molecule has 6 heteroatoms. The summed E-state index contributed by atoms with van der Waals surface area (Å²) < 4.78 is 0. The lowest BCUT2D eigenvalue weighted by Gasteiger charge is -2.37. The van der Waals surface area contributed by atoms with E-state index in [0.29, 0.717) is 18.3 Å². The Bertz CT molecular complexity index is 336. The third kappa shape index (κ3) is 1.99. The molecule has 1 aromatic heterocycles. The molecule has 0 aliphatic carbocycles. The fourth-order valence-electron chi connectivity index (χ4n) is 1.76. The van der Waals surface area contributed by atoms with Crippen molar-refractivity contribution in [2.75, 3.05) is 13.1 Å². The van der Waals surface area contributed by atoms with E-state index in [1.165, 1.54) is 6.20 Å². The second-order valence-corrected chi connectivity index (χ2v) is 3.97. The SMILES string of the molecule is CC1CN(C(=O)c2cn[nH]n2)C(C)CN1. The standard InChI is InChI=1S/C9H15N5O/c1-6-5-14(7(2)3-10-6)9(15)8-4-11-13-12-8/h4,6-7,10H,3,5H2,1-2H3,(H,11,12,13). The number of hydrogen-bond donors (Lipinski definition) is 2. The van der Waals surface area contributed by atoms with Crippen molar-refractivity contribution in [1.29, 1.82) is 0 Å². The Morgan fingerprint density at radius 3 is 3.07 bits per heavy atom. The van der Waals surface area contributed by atoms with Crippen molar-refractivity contribution in [3.63, 3.8) is 0 Å². The van der Waals surface area contributed by atoms with Crippen molar-refractivity contribution in [1.82, 2.24) is 25.6 Å². The van der Waals surface area contributed by atoms with Crippen LogP contribution in [0.4, 0.5) is 0 Å². The molecule has 2 rings (SSSR count). The molecule has 0 spiro atoms. The maximum absolute atomic E-state index is 12.0. The summed E-state index contributed by atoms with van der Waals surface area (Å²) in [5.74, 6) is -0.0513. The van der Waals surface area contributed by atoms with E-state index in [0.717, 1.165) is 6.54 Å². The minimum Gasteiger partial charge on any atom is -0.332 e. The van der Waals surface area contributed by atoms with Gasteiger partial charge in [-0.2, -0.15) is 15.4 Å². The Labute approximate surface area is 88.0 Å². The van der Waals surface area contributed by atoms with Crippen molar-refractivity contribution < 1.29 is 4.79 Å². The molecule has 2 N–H and O–H groups in total. The minimum absolute atomic E-state index is 0.0513. The Balaban J connectivity index is 2.12. The molecule has 2 heterocycles. The monoisotopic (exact) mass is 209 g/mol. The Morgan fingerprint density at radius 2 is 2.40 bits per heavy atom. The van der Waals surface area contributed by atoms with Crippen LogP contribution in [-0.2, 0) is 0 Å². The molecule has 82 valence electrons. The van der Waals surface area contributed by atoms with Gasteiger partial charge in [0.2, 0.25) is 0 Å². The number of piperazine rings is 1. The molecule has 1 aromatic rings. The van der Waals surface area contributed by atoms with E-state index >= 15 is 0 Å². The summed E-state index contributed by atoms with van der Waals surface area (Å²) in [6.07, 6.45) is 1.46. The highest BCUT2D eigenvalue weighted by Gasteiger charge is 2.28. The normalized spacial score (nSPS) is 26.7. The van der Waals surface area contributed by atoms with Gasteiger partial charge in [0.05, 0.1) is 6.20 Å². The Hall–Kier alpha value is -1.43. The molecule has 2 atom stereocenters. The number of nitrogens with one attached hydrogen (secondary N) is 2. The number of nitrogens with zero attached hydrogens (tertiary/aromatic N) is 3. The van der Waals surface area contributed by atoms with Crippen LogP contribution in [0.2, 0.25) is 0 Å². The molecule has 0 aromatic carbocycles.